The first-order chi connectivity index (χ1) is 8.36. The Bertz CT molecular complexity index is 525. The second-order valence-electron chi connectivity index (χ2n) is 3.89. The molecule has 2 aromatic rings. The molecule has 3 heteroatoms. The standard InChI is InChI=1S/C15H17NO.ClH/c1-2-5-14-13-7-4-3-6-12(13)8-9-15(14)17-11-10-16;/h2-4,6-9H,1,5,10-11,16H2;1H/p-1. The molecule has 0 atom stereocenters. The van der Waals surface area contributed by atoms with E-state index >= 15 is 0 Å². The second-order valence-corrected chi connectivity index (χ2v) is 3.89. The minimum absolute atomic E-state index is 0. The zero-order valence-corrected chi connectivity index (χ0v) is 11.0. The fraction of sp³-hybridized carbons (Fsp3) is 0.200. The van der Waals surface area contributed by atoms with Gasteiger partial charge >= 0.3 is 0 Å². The summed E-state index contributed by atoms with van der Waals surface area (Å²) in [7, 11) is 0. The number of hydrogen-bond donors (Lipinski definition) is 1. The Morgan fingerprint density at radius 1 is 1.17 bits per heavy atom. The third-order valence-electron chi connectivity index (χ3n) is 2.72. The summed E-state index contributed by atoms with van der Waals surface area (Å²) in [4.78, 5) is 0. The smallest absolute Gasteiger partial charge is 0.123 e. The van der Waals surface area contributed by atoms with Crippen LogP contribution in [-0.4, -0.2) is 13.2 Å². The summed E-state index contributed by atoms with van der Waals surface area (Å²) in [5, 5.41) is 2.45. The zero-order chi connectivity index (χ0) is 12.1. The second kappa shape index (κ2) is 7.04. The van der Waals surface area contributed by atoms with Gasteiger partial charge in [0, 0.05) is 12.1 Å². The van der Waals surface area contributed by atoms with Gasteiger partial charge in [-0.25, -0.2) is 0 Å². The average Bonchev–Trinajstić information content (AvgIpc) is 2.38. The highest BCUT2D eigenvalue weighted by molar-refractivity contribution is 5.87. The van der Waals surface area contributed by atoms with Gasteiger partial charge in [0.05, 0.1) is 0 Å². The predicted octanol–water partition coefficient (Wildman–Crippen LogP) is -0.0902. The maximum atomic E-state index is 5.67. The molecular weight excluding hydrogens is 246 g/mol. The van der Waals surface area contributed by atoms with Crippen LogP contribution in [-0.2, 0) is 6.42 Å². The van der Waals surface area contributed by atoms with Crippen LogP contribution < -0.4 is 22.9 Å². The van der Waals surface area contributed by atoms with Crippen LogP contribution in [0.2, 0.25) is 0 Å². The van der Waals surface area contributed by atoms with Gasteiger partial charge in [-0.1, -0.05) is 36.4 Å². The van der Waals surface area contributed by atoms with Crippen LogP contribution in [0.1, 0.15) is 5.56 Å². The summed E-state index contributed by atoms with van der Waals surface area (Å²) in [5.74, 6) is 0.911. The molecule has 0 amide bonds. The molecule has 96 valence electrons. The molecule has 0 unspecified atom stereocenters. The third-order valence-corrected chi connectivity index (χ3v) is 2.72. The largest absolute Gasteiger partial charge is 1.00 e. The Kier molecular flexibility index (Phi) is 5.69. The van der Waals surface area contributed by atoms with Gasteiger partial charge in [-0.05, 0) is 23.3 Å². The lowest BCUT2D eigenvalue weighted by atomic mass is 10.0. The SMILES string of the molecule is C=CCc1c(OCCN)ccc2ccccc12.[Cl-]. The van der Waals surface area contributed by atoms with E-state index in [-0.39, 0.29) is 12.4 Å². The van der Waals surface area contributed by atoms with Crippen molar-refractivity contribution in [3.63, 3.8) is 0 Å². The van der Waals surface area contributed by atoms with Crippen molar-refractivity contribution >= 4 is 10.8 Å². The Hall–Kier alpha value is -1.51. The Morgan fingerprint density at radius 2 is 1.94 bits per heavy atom. The van der Waals surface area contributed by atoms with Crippen molar-refractivity contribution in [2.45, 2.75) is 6.42 Å². The molecule has 0 aromatic heterocycles. The van der Waals surface area contributed by atoms with Crippen LogP contribution in [0.25, 0.3) is 10.8 Å². The maximum Gasteiger partial charge on any atom is 0.123 e. The van der Waals surface area contributed by atoms with Crippen molar-refractivity contribution in [2.24, 2.45) is 5.73 Å². The fourth-order valence-corrected chi connectivity index (χ4v) is 1.97. The number of halogens is 1. The Labute approximate surface area is 114 Å². The van der Waals surface area contributed by atoms with Gasteiger partial charge in [-0.2, -0.15) is 0 Å². The van der Waals surface area contributed by atoms with Gasteiger partial charge in [0.25, 0.3) is 0 Å². The highest BCUT2D eigenvalue weighted by atomic mass is 35.5. The summed E-state index contributed by atoms with van der Waals surface area (Å²) in [6.07, 6.45) is 2.71. The minimum Gasteiger partial charge on any atom is -1.00 e. The summed E-state index contributed by atoms with van der Waals surface area (Å²) in [6.45, 7) is 4.88. The number of rotatable bonds is 5. The first-order valence-electron chi connectivity index (χ1n) is 5.81. The van der Waals surface area contributed by atoms with E-state index in [1.165, 1.54) is 16.3 Å². The van der Waals surface area contributed by atoms with E-state index in [0.717, 1.165) is 12.2 Å². The lowest BCUT2D eigenvalue weighted by Crippen LogP contribution is -3.00. The van der Waals surface area contributed by atoms with E-state index in [2.05, 4.69) is 24.8 Å². The van der Waals surface area contributed by atoms with E-state index < -0.39 is 0 Å². The van der Waals surface area contributed by atoms with E-state index in [1.54, 1.807) is 0 Å². The molecule has 0 aliphatic heterocycles. The van der Waals surface area contributed by atoms with Crippen molar-refractivity contribution in [1.29, 1.82) is 0 Å². The molecule has 0 radical (unpaired) electrons. The van der Waals surface area contributed by atoms with Crippen molar-refractivity contribution in [1.82, 2.24) is 0 Å². The lowest BCUT2D eigenvalue weighted by Gasteiger charge is -2.12. The molecule has 0 saturated carbocycles. The number of allylic oxidation sites excluding steroid dienone is 1. The van der Waals surface area contributed by atoms with E-state index in [4.69, 9.17) is 10.5 Å². The monoisotopic (exact) mass is 262 g/mol. The Morgan fingerprint density at radius 3 is 2.67 bits per heavy atom. The van der Waals surface area contributed by atoms with Crippen LogP contribution in [0.4, 0.5) is 0 Å². The number of benzene rings is 2. The van der Waals surface area contributed by atoms with Gasteiger partial charge in [0.2, 0.25) is 0 Å². The summed E-state index contributed by atoms with van der Waals surface area (Å²) >= 11 is 0. The maximum absolute atomic E-state index is 5.67. The van der Waals surface area contributed by atoms with Gasteiger partial charge in [-0.15, -0.1) is 6.58 Å². The third kappa shape index (κ3) is 3.03. The first kappa shape index (κ1) is 14.6. The number of nitrogens with two attached hydrogens (primary N) is 1. The molecule has 0 bridgehead atoms. The van der Waals surface area contributed by atoms with E-state index in [1.807, 2.05) is 24.3 Å². The van der Waals surface area contributed by atoms with Crippen LogP contribution in [0, 0.1) is 0 Å². The first-order valence-corrected chi connectivity index (χ1v) is 5.81. The molecule has 0 fully saturated rings. The molecule has 18 heavy (non-hydrogen) atoms. The molecule has 0 saturated heterocycles. The molecule has 0 spiro atoms. The molecule has 2 N–H and O–H groups in total. The summed E-state index contributed by atoms with van der Waals surface area (Å²) in [6, 6.07) is 12.4. The average molecular weight is 263 g/mol. The number of ether oxygens (including phenoxy) is 1. The normalized spacial score (nSPS) is 9.83. The Balaban J connectivity index is 0.00000162. The van der Waals surface area contributed by atoms with Crippen LogP contribution >= 0.6 is 0 Å². The molecular formula is C15H17ClNO-. The van der Waals surface area contributed by atoms with Crippen LogP contribution in [0.5, 0.6) is 5.75 Å². The molecule has 2 rings (SSSR count). The van der Waals surface area contributed by atoms with Crippen molar-refractivity contribution in [2.75, 3.05) is 13.2 Å². The van der Waals surface area contributed by atoms with Gasteiger partial charge in [0.1, 0.15) is 12.4 Å². The fourth-order valence-electron chi connectivity index (χ4n) is 1.97. The van der Waals surface area contributed by atoms with Gasteiger partial charge in [-0.3, -0.25) is 0 Å². The predicted molar refractivity (Wildman–Crippen MR) is 72.4 cm³/mol. The molecule has 0 aliphatic rings. The minimum atomic E-state index is 0. The lowest BCUT2D eigenvalue weighted by molar-refractivity contribution is -0.00000384. The van der Waals surface area contributed by atoms with Gasteiger partial charge < -0.3 is 22.9 Å². The van der Waals surface area contributed by atoms with E-state index in [0.29, 0.717) is 13.2 Å². The van der Waals surface area contributed by atoms with E-state index in [9.17, 15) is 0 Å². The van der Waals surface area contributed by atoms with Crippen molar-refractivity contribution in [3.8, 4) is 5.75 Å². The number of fused-ring (bicyclic) bond motifs is 1. The summed E-state index contributed by atoms with van der Waals surface area (Å²) < 4.78 is 5.67. The highest BCUT2D eigenvalue weighted by Gasteiger charge is 2.06. The molecule has 2 nitrogen and oxygen atoms in total. The van der Waals surface area contributed by atoms with Crippen LogP contribution in [0.3, 0.4) is 0 Å². The zero-order valence-electron chi connectivity index (χ0n) is 10.2. The topological polar surface area (TPSA) is 35.2 Å². The highest BCUT2D eigenvalue weighted by Crippen LogP contribution is 2.28. The van der Waals surface area contributed by atoms with Crippen molar-refractivity contribution < 1.29 is 17.1 Å². The molecule has 0 heterocycles. The van der Waals surface area contributed by atoms with Crippen LogP contribution in [0.15, 0.2) is 49.1 Å². The molecule has 0 aliphatic carbocycles. The summed E-state index contributed by atoms with van der Waals surface area (Å²) in [5.41, 5.74) is 6.65. The quantitative estimate of drug-likeness (QED) is 0.765. The van der Waals surface area contributed by atoms with Gasteiger partial charge in [0.15, 0.2) is 0 Å². The van der Waals surface area contributed by atoms with Crippen molar-refractivity contribution in [3.05, 3.63) is 54.6 Å². The molecule has 2 aromatic carbocycles. The number of hydrogen-bond acceptors (Lipinski definition) is 2.